The molecule has 0 atom stereocenters. The minimum Gasteiger partial charge on any atom is -0.350 e. The Hall–Kier alpha value is -1.08. The zero-order valence-corrected chi connectivity index (χ0v) is 11.7. The molecule has 98 valence electrons. The number of nitrogens with one attached hydrogen (secondary N) is 1. The molecule has 0 rings (SSSR count). The zero-order chi connectivity index (χ0) is 13.5. The van der Waals surface area contributed by atoms with E-state index in [1.165, 1.54) is 0 Å². The van der Waals surface area contributed by atoms with Gasteiger partial charge in [-0.15, -0.1) is 0 Å². The lowest BCUT2D eigenvalue weighted by molar-refractivity contribution is -0.123. The summed E-state index contributed by atoms with van der Waals surface area (Å²) in [7, 11) is 0. The van der Waals surface area contributed by atoms with Crippen molar-refractivity contribution in [1.29, 1.82) is 5.26 Å². The normalized spacial score (nSPS) is 11.6. The third-order valence-corrected chi connectivity index (χ3v) is 2.04. The van der Waals surface area contributed by atoms with Crippen LogP contribution in [0.1, 0.15) is 41.0 Å². The number of hydrogen-bond donors (Lipinski definition) is 1. The molecule has 0 aromatic heterocycles. The lowest BCUT2D eigenvalue weighted by Gasteiger charge is -2.26. The largest absolute Gasteiger partial charge is 0.350 e. The van der Waals surface area contributed by atoms with Gasteiger partial charge in [-0.05, 0) is 26.7 Å². The van der Waals surface area contributed by atoms with Crippen LogP contribution in [0.2, 0.25) is 0 Å². The van der Waals surface area contributed by atoms with Gasteiger partial charge in [0, 0.05) is 25.0 Å². The van der Waals surface area contributed by atoms with Gasteiger partial charge >= 0.3 is 0 Å². The number of carbonyl (C=O) groups excluding carboxylic acids is 1. The smallest absolute Gasteiger partial charge is 0.234 e. The second-order valence-electron chi connectivity index (χ2n) is 5.84. The summed E-state index contributed by atoms with van der Waals surface area (Å²) in [6, 6.07) is 2.12. The number of hydrogen-bond acceptors (Lipinski definition) is 3. The Balaban J connectivity index is 4.22. The highest BCUT2D eigenvalue weighted by Crippen LogP contribution is 2.02. The monoisotopic (exact) mass is 239 g/mol. The maximum Gasteiger partial charge on any atom is 0.234 e. The second kappa shape index (κ2) is 7.29. The van der Waals surface area contributed by atoms with E-state index in [1.807, 2.05) is 25.7 Å². The van der Waals surface area contributed by atoms with E-state index >= 15 is 0 Å². The van der Waals surface area contributed by atoms with Gasteiger partial charge in [0.25, 0.3) is 0 Å². The summed E-state index contributed by atoms with van der Waals surface area (Å²) < 4.78 is 0. The average Bonchev–Trinajstić information content (AvgIpc) is 2.09. The molecule has 1 amide bonds. The molecule has 0 saturated heterocycles. The Morgan fingerprint density at radius 3 is 2.41 bits per heavy atom. The van der Waals surface area contributed by atoms with Crippen LogP contribution in [0.3, 0.4) is 0 Å². The first-order valence-electron chi connectivity index (χ1n) is 6.15. The topological polar surface area (TPSA) is 56.1 Å². The van der Waals surface area contributed by atoms with E-state index in [9.17, 15) is 4.79 Å². The molecule has 0 saturated carbocycles. The van der Waals surface area contributed by atoms with Crippen LogP contribution in [0.25, 0.3) is 0 Å². The molecule has 0 aliphatic carbocycles. The summed E-state index contributed by atoms with van der Waals surface area (Å²) in [5.41, 5.74) is -0.199. The maximum atomic E-state index is 11.8. The molecule has 0 fully saturated rings. The van der Waals surface area contributed by atoms with Gasteiger partial charge in [0.05, 0.1) is 12.6 Å². The summed E-state index contributed by atoms with van der Waals surface area (Å²) in [6.45, 7) is 12.0. The van der Waals surface area contributed by atoms with Crippen LogP contribution in [-0.2, 0) is 4.79 Å². The van der Waals surface area contributed by atoms with Crippen molar-refractivity contribution in [2.45, 2.75) is 46.6 Å². The van der Waals surface area contributed by atoms with Gasteiger partial charge in [0.15, 0.2) is 0 Å². The van der Waals surface area contributed by atoms with E-state index in [-0.39, 0.29) is 11.4 Å². The predicted molar refractivity (Wildman–Crippen MR) is 69.4 cm³/mol. The van der Waals surface area contributed by atoms with E-state index < -0.39 is 0 Å². The van der Waals surface area contributed by atoms with Crippen LogP contribution in [0.4, 0.5) is 0 Å². The van der Waals surface area contributed by atoms with Crippen molar-refractivity contribution in [3.63, 3.8) is 0 Å². The fraction of sp³-hybridized carbons (Fsp3) is 0.846. The molecule has 0 aromatic rings. The van der Waals surface area contributed by atoms with Crippen molar-refractivity contribution in [3.05, 3.63) is 0 Å². The van der Waals surface area contributed by atoms with Crippen LogP contribution >= 0.6 is 0 Å². The summed E-state index contributed by atoms with van der Waals surface area (Å²) in [5.74, 6) is 0.521. The number of nitrogens with zero attached hydrogens (tertiary/aromatic N) is 2. The minimum atomic E-state index is -0.199. The zero-order valence-electron chi connectivity index (χ0n) is 11.7. The molecule has 4 nitrogen and oxygen atoms in total. The molecular formula is C13H25N3O. The SMILES string of the molecule is CC(C)CN(CCC#N)CC(=O)NC(C)(C)C. The highest BCUT2D eigenvalue weighted by atomic mass is 16.2. The third kappa shape index (κ3) is 9.83. The van der Waals surface area contributed by atoms with Crippen LogP contribution in [0.15, 0.2) is 0 Å². The van der Waals surface area contributed by atoms with Crippen molar-refractivity contribution in [1.82, 2.24) is 10.2 Å². The summed E-state index contributed by atoms with van der Waals surface area (Å²) in [5, 5.41) is 11.5. The number of carbonyl (C=O) groups is 1. The number of amides is 1. The molecule has 0 radical (unpaired) electrons. The van der Waals surface area contributed by atoms with E-state index in [0.29, 0.717) is 25.4 Å². The quantitative estimate of drug-likeness (QED) is 0.768. The van der Waals surface area contributed by atoms with Crippen molar-refractivity contribution in [3.8, 4) is 6.07 Å². The van der Waals surface area contributed by atoms with Crippen molar-refractivity contribution >= 4 is 5.91 Å². The predicted octanol–water partition coefficient (Wildman–Crippen LogP) is 1.77. The lowest BCUT2D eigenvalue weighted by atomic mass is 10.1. The molecule has 0 spiro atoms. The molecule has 0 unspecified atom stereocenters. The molecule has 17 heavy (non-hydrogen) atoms. The molecule has 0 aliphatic rings. The van der Waals surface area contributed by atoms with Gasteiger partial charge in [-0.1, -0.05) is 13.8 Å². The molecule has 0 heterocycles. The van der Waals surface area contributed by atoms with Gasteiger partial charge < -0.3 is 5.32 Å². The fourth-order valence-corrected chi connectivity index (χ4v) is 1.62. The highest BCUT2D eigenvalue weighted by Gasteiger charge is 2.17. The van der Waals surface area contributed by atoms with Gasteiger partial charge in [-0.2, -0.15) is 5.26 Å². The summed E-state index contributed by atoms with van der Waals surface area (Å²) in [6.07, 6.45) is 0.468. The van der Waals surface area contributed by atoms with Gasteiger partial charge in [0.2, 0.25) is 5.91 Å². The van der Waals surface area contributed by atoms with Gasteiger partial charge in [-0.3, -0.25) is 9.69 Å². The first kappa shape index (κ1) is 15.9. The summed E-state index contributed by atoms with van der Waals surface area (Å²) >= 11 is 0. The fourth-order valence-electron chi connectivity index (χ4n) is 1.62. The van der Waals surface area contributed by atoms with E-state index in [2.05, 4.69) is 25.2 Å². The Bertz CT molecular complexity index is 273. The highest BCUT2D eigenvalue weighted by molar-refractivity contribution is 5.78. The molecule has 0 bridgehead atoms. The Morgan fingerprint density at radius 2 is 2.00 bits per heavy atom. The van der Waals surface area contributed by atoms with Crippen LogP contribution in [0.5, 0.6) is 0 Å². The number of rotatable bonds is 6. The molecule has 0 aliphatic heterocycles. The van der Waals surface area contributed by atoms with E-state index in [1.54, 1.807) is 0 Å². The van der Waals surface area contributed by atoms with Crippen LogP contribution in [0, 0.1) is 17.2 Å². The molecule has 1 N–H and O–H groups in total. The first-order valence-corrected chi connectivity index (χ1v) is 6.15. The van der Waals surface area contributed by atoms with Crippen LogP contribution < -0.4 is 5.32 Å². The van der Waals surface area contributed by atoms with Crippen LogP contribution in [-0.4, -0.2) is 36.0 Å². The van der Waals surface area contributed by atoms with Crippen molar-refractivity contribution in [2.24, 2.45) is 5.92 Å². The Morgan fingerprint density at radius 1 is 1.41 bits per heavy atom. The molecule has 4 heteroatoms. The summed E-state index contributed by atoms with van der Waals surface area (Å²) in [4.78, 5) is 13.8. The maximum absolute atomic E-state index is 11.8. The Labute approximate surface area is 105 Å². The van der Waals surface area contributed by atoms with E-state index in [0.717, 1.165) is 6.54 Å². The first-order chi connectivity index (χ1) is 7.74. The van der Waals surface area contributed by atoms with Crippen molar-refractivity contribution < 1.29 is 4.79 Å². The minimum absolute atomic E-state index is 0.0242. The standard InChI is InChI=1S/C13H25N3O/c1-11(2)9-16(8-6-7-14)10-12(17)15-13(3,4)5/h11H,6,8-10H2,1-5H3,(H,15,17). The van der Waals surface area contributed by atoms with Crippen molar-refractivity contribution in [2.75, 3.05) is 19.6 Å². The average molecular weight is 239 g/mol. The Kier molecular flexibility index (Phi) is 6.82. The van der Waals surface area contributed by atoms with Gasteiger partial charge in [-0.25, -0.2) is 0 Å². The number of nitriles is 1. The second-order valence-corrected chi connectivity index (χ2v) is 5.84. The lowest BCUT2D eigenvalue weighted by Crippen LogP contribution is -2.46. The molecular weight excluding hydrogens is 214 g/mol. The van der Waals surface area contributed by atoms with Gasteiger partial charge in [0.1, 0.15) is 0 Å². The molecule has 0 aromatic carbocycles. The van der Waals surface area contributed by atoms with E-state index in [4.69, 9.17) is 5.26 Å². The third-order valence-electron chi connectivity index (χ3n) is 2.04.